The van der Waals surface area contributed by atoms with Crippen LogP contribution in [0.25, 0.3) is 10.2 Å². The minimum absolute atomic E-state index is 0.136. The standard InChI is InChI=1S/C20H19NO5S/c1-20(2,3)26-17(23)11-25-14-7-4-12(5-8-14)18(24)19-21-15-9-6-13(22)10-16(15)27-19/h4-10,22H,11H2,1-3H3. The quantitative estimate of drug-likeness (QED) is 0.529. The lowest BCUT2D eigenvalue weighted by atomic mass is 10.1. The van der Waals surface area contributed by atoms with Crippen LogP contribution in [-0.2, 0) is 9.53 Å². The van der Waals surface area contributed by atoms with Gasteiger partial charge in [0, 0.05) is 5.56 Å². The highest BCUT2D eigenvalue weighted by Gasteiger charge is 2.17. The molecule has 0 fully saturated rings. The van der Waals surface area contributed by atoms with Crippen LogP contribution in [0.1, 0.15) is 36.1 Å². The fourth-order valence-electron chi connectivity index (χ4n) is 2.35. The summed E-state index contributed by atoms with van der Waals surface area (Å²) >= 11 is 1.22. The Bertz CT molecular complexity index is 986. The van der Waals surface area contributed by atoms with Crippen LogP contribution in [0, 0.1) is 0 Å². The molecule has 1 aromatic heterocycles. The van der Waals surface area contributed by atoms with Crippen molar-refractivity contribution in [1.82, 2.24) is 4.98 Å². The molecule has 0 spiro atoms. The number of esters is 1. The number of ether oxygens (including phenoxy) is 2. The third-order valence-electron chi connectivity index (χ3n) is 3.46. The van der Waals surface area contributed by atoms with E-state index in [2.05, 4.69) is 4.98 Å². The molecule has 1 N–H and O–H groups in total. The van der Waals surface area contributed by atoms with Crippen LogP contribution in [0.15, 0.2) is 42.5 Å². The second-order valence-electron chi connectivity index (χ2n) is 6.90. The van der Waals surface area contributed by atoms with Gasteiger partial charge in [-0.25, -0.2) is 9.78 Å². The van der Waals surface area contributed by atoms with Gasteiger partial charge in [-0.2, -0.15) is 0 Å². The summed E-state index contributed by atoms with van der Waals surface area (Å²) in [6.45, 7) is 5.16. The largest absolute Gasteiger partial charge is 0.508 e. The molecule has 0 amide bonds. The number of hydrogen-bond donors (Lipinski definition) is 1. The first-order valence-electron chi connectivity index (χ1n) is 8.30. The van der Waals surface area contributed by atoms with Crippen LogP contribution >= 0.6 is 11.3 Å². The number of carbonyl (C=O) groups is 2. The van der Waals surface area contributed by atoms with Crippen molar-refractivity contribution >= 4 is 33.3 Å². The topological polar surface area (TPSA) is 85.7 Å². The molecule has 3 aromatic rings. The van der Waals surface area contributed by atoms with Crippen LogP contribution in [-0.4, -0.2) is 34.1 Å². The zero-order valence-electron chi connectivity index (χ0n) is 15.2. The predicted octanol–water partition coefficient (Wildman–Crippen LogP) is 3.95. The van der Waals surface area contributed by atoms with Crippen LogP contribution in [0.4, 0.5) is 0 Å². The molecule has 0 atom stereocenters. The average Bonchev–Trinajstić information content (AvgIpc) is 3.01. The van der Waals surface area contributed by atoms with Gasteiger partial charge in [-0.05, 0) is 63.2 Å². The van der Waals surface area contributed by atoms with E-state index in [9.17, 15) is 14.7 Å². The highest BCUT2D eigenvalue weighted by Crippen LogP contribution is 2.27. The Labute approximate surface area is 160 Å². The van der Waals surface area contributed by atoms with Crippen LogP contribution < -0.4 is 4.74 Å². The maximum absolute atomic E-state index is 12.6. The van der Waals surface area contributed by atoms with Crippen LogP contribution in [0.2, 0.25) is 0 Å². The number of nitrogens with zero attached hydrogens (tertiary/aromatic N) is 1. The molecule has 2 aromatic carbocycles. The third kappa shape index (κ3) is 4.83. The zero-order valence-corrected chi connectivity index (χ0v) is 16.0. The Morgan fingerprint density at radius 3 is 2.48 bits per heavy atom. The van der Waals surface area contributed by atoms with Gasteiger partial charge in [0.25, 0.3) is 0 Å². The second kappa shape index (κ2) is 7.36. The molecule has 0 aliphatic carbocycles. The van der Waals surface area contributed by atoms with Gasteiger partial charge in [0.2, 0.25) is 5.78 Å². The molecule has 27 heavy (non-hydrogen) atoms. The molecule has 6 nitrogen and oxygen atoms in total. The normalized spacial score (nSPS) is 11.4. The van der Waals surface area contributed by atoms with Crippen molar-refractivity contribution in [2.45, 2.75) is 26.4 Å². The number of thiazole rings is 1. The molecule has 0 radical (unpaired) electrons. The summed E-state index contributed by atoms with van der Waals surface area (Å²) < 4.78 is 11.3. The third-order valence-corrected chi connectivity index (χ3v) is 4.48. The Hall–Kier alpha value is -2.93. The van der Waals surface area contributed by atoms with E-state index in [1.807, 2.05) is 0 Å². The van der Waals surface area contributed by atoms with Crippen LogP contribution in [0.3, 0.4) is 0 Å². The van der Waals surface area contributed by atoms with Crippen LogP contribution in [0.5, 0.6) is 11.5 Å². The summed E-state index contributed by atoms with van der Waals surface area (Å²) in [6.07, 6.45) is 0. The molecule has 0 saturated carbocycles. The van der Waals surface area contributed by atoms with E-state index in [-0.39, 0.29) is 18.1 Å². The van der Waals surface area contributed by atoms with Crippen molar-refractivity contribution in [3.05, 3.63) is 53.0 Å². The van der Waals surface area contributed by atoms with Gasteiger partial charge in [0.05, 0.1) is 10.2 Å². The number of aromatic nitrogens is 1. The van der Waals surface area contributed by atoms with Gasteiger partial charge in [0.15, 0.2) is 11.6 Å². The first kappa shape index (κ1) is 18.8. The number of aromatic hydroxyl groups is 1. The Kier molecular flexibility index (Phi) is 5.14. The molecular weight excluding hydrogens is 366 g/mol. The Morgan fingerprint density at radius 1 is 1.11 bits per heavy atom. The highest BCUT2D eigenvalue weighted by molar-refractivity contribution is 7.20. The van der Waals surface area contributed by atoms with E-state index in [0.29, 0.717) is 21.8 Å². The molecule has 140 valence electrons. The maximum Gasteiger partial charge on any atom is 0.344 e. The average molecular weight is 385 g/mol. The second-order valence-corrected chi connectivity index (χ2v) is 7.93. The fraction of sp³-hybridized carbons (Fsp3) is 0.250. The summed E-state index contributed by atoms with van der Waals surface area (Å²) in [5, 5.41) is 9.87. The molecule has 0 bridgehead atoms. The SMILES string of the molecule is CC(C)(C)OC(=O)COc1ccc(C(=O)c2nc3ccc(O)cc3s2)cc1. The molecule has 7 heteroatoms. The minimum atomic E-state index is -0.565. The summed E-state index contributed by atoms with van der Waals surface area (Å²) in [6, 6.07) is 11.3. The summed E-state index contributed by atoms with van der Waals surface area (Å²) in [5.41, 5.74) is 0.562. The van der Waals surface area contributed by atoms with E-state index in [1.165, 1.54) is 17.4 Å². The van der Waals surface area contributed by atoms with Crippen molar-refractivity contribution in [1.29, 1.82) is 0 Å². The summed E-state index contributed by atoms with van der Waals surface area (Å²) in [4.78, 5) is 28.6. The zero-order chi connectivity index (χ0) is 19.6. The number of carbonyl (C=O) groups excluding carboxylic acids is 2. The molecule has 1 heterocycles. The molecule has 0 saturated heterocycles. The van der Waals surface area contributed by atoms with E-state index < -0.39 is 11.6 Å². The van der Waals surface area contributed by atoms with Gasteiger partial charge in [-0.1, -0.05) is 0 Å². The van der Waals surface area contributed by atoms with Crippen molar-refractivity contribution in [2.75, 3.05) is 6.61 Å². The van der Waals surface area contributed by atoms with Crippen molar-refractivity contribution in [3.8, 4) is 11.5 Å². The number of ketones is 1. The molecule has 3 rings (SSSR count). The van der Waals surface area contributed by atoms with Gasteiger partial charge < -0.3 is 14.6 Å². The Morgan fingerprint density at radius 2 is 1.81 bits per heavy atom. The smallest absolute Gasteiger partial charge is 0.344 e. The van der Waals surface area contributed by atoms with E-state index in [4.69, 9.17) is 9.47 Å². The number of benzene rings is 2. The van der Waals surface area contributed by atoms with Crippen molar-refractivity contribution in [3.63, 3.8) is 0 Å². The predicted molar refractivity (Wildman–Crippen MR) is 102 cm³/mol. The van der Waals surface area contributed by atoms with Gasteiger partial charge in [-0.3, -0.25) is 4.79 Å². The molecule has 0 unspecified atom stereocenters. The summed E-state index contributed by atoms with van der Waals surface area (Å²) in [7, 11) is 0. The van der Waals surface area contributed by atoms with E-state index >= 15 is 0 Å². The van der Waals surface area contributed by atoms with Gasteiger partial charge in [0.1, 0.15) is 17.1 Å². The monoisotopic (exact) mass is 385 g/mol. The lowest BCUT2D eigenvalue weighted by Gasteiger charge is -2.19. The van der Waals surface area contributed by atoms with E-state index in [1.54, 1.807) is 57.2 Å². The van der Waals surface area contributed by atoms with Gasteiger partial charge >= 0.3 is 5.97 Å². The van der Waals surface area contributed by atoms with Crippen molar-refractivity contribution in [2.24, 2.45) is 0 Å². The number of fused-ring (bicyclic) bond motifs is 1. The number of rotatable bonds is 5. The fourth-order valence-corrected chi connectivity index (χ4v) is 3.31. The molecular formula is C20H19NO5S. The number of phenolic OH excluding ortho intramolecular Hbond substituents is 1. The first-order chi connectivity index (χ1) is 12.7. The minimum Gasteiger partial charge on any atom is -0.508 e. The number of phenols is 1. The lowest BCUT2D eigenvalue weighted by molar-refractivity contribution is -0.157. The first-order valence-corrected chi connectivity index (χ1v) is 9.12. The van der Waals surface area contributed by atoms with E-state index in [0.717, 1.165) is 4.70 Å². The van der Waals surface area contributed by atoms with Crippen molar-refractivity contribution < 1.29 is 24.2 Å². The van der Waals surface area contributed by atoms with Gasteiger partial charge in [-0.15, -0.1) is 11.3 Å². The number of hydrogen-bond acceptors (Lipinski definition) is 7. The molecule has 0 aliphatic rings. The lowest BCUT2D eigenvalue weighted by Crippen LogP contribution is -2.27. The highest BCUT2D eigenvalue weighted by atomic mass is 32.1. The summed E-state index contributed by atoms with van der Waals surface area (Å²) in [5.74, 6) is -0.0713. The Balaban J connectivity index is 1.67. The molecule has 0 aliphatic heterocycles. The maximum atomic E-state index is 12.6.